The summed E-state index contributed by atoms with van der Waals surface area (Å²) < 4.78 is 0. The zero-order valence-electron chi connectivity index (χ0n) is 16.7. The summed E-state index contributed by atoms with van der Waals surface area (Å²) in [5.41, 5.74) is 7.32. The summed E-state index contributed by atoms with van der Waals surface area (Å²) in [4.78, 5) is 17.4. The highest BCUT2D eigenvalue weighted by molar-refractivity contribution is 7.99. The molecule has 3 nitrogen and oxygen atoms in total. The number of hydrogen-bond donors (Lipinski definition) is 1. The number of carbonyl (C=O) groups is 1. The third-order valence-corrected chi connectivity index (χ3v) is 6.40. The minimum Gasteiger partial charge on any atom is -0.349 e. The first-order chi connectivity index (χ1) is 13.5. The summed E-state index contributed by atoms with van der Waals surface area (Å²) in [7, 11) is 0. The van der Waals surface area contributed by atoms with Crippen molar-refractivity contribution >= 4 is 28.6 Å². The van der Waals surface area contributed by atoms with Gasteiger partial charge in [-0.3, -0.25) is 4.79 Å². The van der Waals surface area contributed by atoms with Gasteiger partial charge in [-0.1, -0.05) is 47.7 Å². The molecule has 3 aromatic rings. The zero-order valence-corrected chi connectivity index (χ0v) is 17.5. The third-order valence-electron chi connectivity index (χ3n) is 5.49. The SMILES string of the molecule is Cc1cc(C)c2nc(SCC(=O)N[C@@H]3CCCc4ccccc43)cc(C)c2c1. The fraction of sp³-hybridized carbons (Fsp3) is 0.333. The molecular weight excluding hydrogens is 364 g/mol. The first-order valence-electron chi connectivity index (χ1n) is 9.90. The highest BCUT2D eigenvalue weighted by Crippen LogP contribution is 2.30. The van der Waals surface area contributed by atoms with Crippen LogP contribution in [0.5, 0.6) is 0 Å². The van der Waals surface area contributed by atoms with Gasteiger partial charge in [0, 0.05) is 5.39 Å². The van der Waals surface area contributed by atoms with Gasteiger partial charge in [-0.25, -0.2) is 4.98 Å². The van der Waals surface area contributed by atoms with Gasteiger partial charge < -0.3 is 5.32 Å². The van der Waals surface area contributed by atoms with Crippen molar-refractivity contribution in [3.05, 3.63) is 70.3 Å². The van der Waals surface area contributed by atoms with Gasteiger partial charge in [-0.2, -0.15) is 0 Å². The Morgan fingerprint density at radius 1 is 1.14 bits per heavy atom. The van der Waals surface area contributed by atoms with E-state index in [1.807, 2.05) is 0 Å². The molecule has 0 unspecified atom stereocenters. The van der Waals surface area contributed by atoms with Gasteiger partial charge in [-0.15, -0.1) is 0 Å². The molecule has 0 fully saturated rings. The Labute approximate surface area is 171 Å². The van der Waals surface area contributed by atoms with Crippen molar-refractivity contribution in [2.24, 2.45) is 0 Å². The second-order valence-electron chi connectivity index (χ2n) is 7.76. The summed E-state index contributed by atoms with van der Waals surface area (Å²) in [6.45, 7) is 6.33. The Bertz CT molecular complexity index is 1040. The molecule has 1 aliphatic rings. The number of rotatable bonds is 4. The largest absolute Gasteiger partial charge is 0.349 e. The molecule has 1 heterocycles. The standard InChI is InChI=1S/C24H26N2OS/c1-15-11-17(3)24-20(12-15)16(2)13-23(26-24)28-14-22(27)25-21-10-6-8-18-7-4-5-9-19(18)21/h4-5,7,9,11-13,21H,6,8,10,14H2,1-3H3,(H,25,27)/t21-/m1/s1. The number of nitrogens with zero attached hydrogens (tertiary/aromatic N) is 1. The van der Waals surface area contributed by atoms with E-state index in [0.717, 1.165) is 29.8 Å². The Hall–Kier alpha value is -2.33. The minimum atomic E-state index is 0.0758. The summed E-state index contributed by atoms with van der Waals surface area (Å²) >= 11 is 1.52. The van der Waals surface area contributed by atoms with Crippen LogP contribution >= 0.6 is 11.8 Å². The summed E-state index contributed by atoms with van der Waals surface area (Å²) in [6, 6.07) is 15.0. The normalized spacial score (nSPS) is 16.0. The van der Waals surface area contributed by atoms with Gasteiger partial charge in [0.05, 0.1) is 22.3 Å². The van der Waals surface area contributed by atoms with Crippen molar-refractivity contribution in [2.75, 3.05) is 5.75 Å². The smallest absolute Gasteiger partial charge is 0.230 e. The molecule has 0 radical (unpaired) electrons. The van der Waals surface area contributed by atoms with Crippen LogP contribution in [0.2, 0.25) is 0 Å². The van der Waals surface area contributed by atoms with Crippen molar-refractivity contribution < 1.29 is 4.79 Å². The van der Waals surface area contributed by atoms with E-state index in [1.165, 1.54) is 45.0 Å². The van der Waals surface area contributed by atoms with Crippen LogP contribution in [0.1, 0.15) is 46.7 Å². The summed E-state index contributed by atoms with van der Waals surface area (Å²) in [5.74, 6) is 0.466. The first kappa shape index (κ1) is 19.0. The van der Waals surface area contributed by atoms with Crippen molar-refractivity contribution in [3.8, 4) is 0 Å². The number of pyridine rings is 1. The molecule has 28 heavy (non-hydrogen) atoms. The Morgan fingerprint density at radius 3 is 2.82 bits per heavy atom. The summed E-state index contributed by atoms with van der Waals surface area (Å²) in [5, 5.41) is 5.34. The number of nitrogens with one attached hydrogen (secondary N) is 1. The highest BCUT2D eigenvalue weighted by Gasteiger charge is 2.21. The number of carbonyl (C=O) groups excluding carboxylic acids is 1. The molecule has 0 saturated heterocycles. The van der Waals surface area contributed by atoms with Crippen LogP contribution in [0, 0.1) is 20.8 Å². The number of thioether (sulfide) groups is 1. The van der Waals surface area contributed by atoms with Gasteiger partial charge in [0.15, 0.2) is 0 Å². The molecule has 1 amide bonds. The molecule has 0 saturated carbocycles. The van der Waals surface area contributed by atoms with Crippen LogP contribution in [0.4, 0.5) is 0 Å². The average molecular weight is 391 g/mol. The molecule has 4 heteroatoms. The van der Waals surface area contributed by atoms with E-state index in [2.05, 4.69) is 68.6 Å². The maximum Gasteiger partial charge on any atom is 0.230 e. The van der Waals surface area contributed by atoms with E-state index in [9.17, 15) is 4.79 Å². The second-order valence-corrected chi connectivity index (χ2v) is 8.75. The number of aryl methyl sites for hydroxylation is 4. The molecule has 2 aromatic carbocycles. The summed E-state index contributed by atoms with van der Waals surface area (Å²) in [6.07, 6.45) is 3.24. The third kappa shape index (κ3) is 3.93. The van der Waals surface area contributed by atoms with Crippen LogP contribution < -0.4 is 5.32 Å². The number of fused-ring (bicyclic) bond motifs is 2. The molecule has 144 valence electrons. The predicted molar refractivity (Wildman–Crippen MR) is 117 cm³/mol. The second kappa shape index (κ2) is 7.96. The van der Waals surface area contributed by atoms with E-state index in [1.54, 1.807) is 0 Å². The Kier molecular flexibility index (Phi) is 5.40. The highest BCUT2D eigenvalue weighted by atomic mass is 32.2. The lowest BCUT2D eigenvalue weighted by atomic mass is 9.88. The van der Waals surface area contributed by atoms with E-state index in [4.69, 9.17) is 4.98 Å². The van der Waals surface area contributed by atoms with Crippen LogP contribution in [0.25, 0.3) is 10.9 Å². The predicted octanol–water partition coefficient (Wildman–Crippen LogP) is 5.45. The maximum absolute atomic E-state index is 12.6. The van der Waals surface area contributed by atoms with Gasteiger partial charge in [-0.05, 0) is 74.4 Å². The lowest BCUT2D eigenvalue weighted by molar-refractivity contribution is -0.119. The molecule has 0 aliphatic heterocycles. The van der Waals surface area contributed by atoms with Crippen LogP contribution in [-0.2, 0) is 11.2 Å². The van der Waals surface area contributed by atoms with Gasteiger partial charge >= 0.3 is 0 Å². The number of benzene rings is 2. The molecule has 1 N–H and O–H groups in total. The van der Waals surface area contributed by atoms with E-state index in [-0.39, 0.29) is 11.9 Å². The van der Waals surface area contributed by atoms with Crippen molar-refractivity contribution in [2.45, 2.75) is 51.1 Å². The minimum absolute atomic E-state index is 0.0758. The van der Waals surface area contributed by atoms with Crippen molar-refractivity contribution in [1.82, 2.24) is 10.3 Å². The van der Waals surface area contributed by atoms with E-state index >= 15 is 0 Å². The fourth-order valence-corrected chi connectivity index (χ4v) is 4.95. The lowest BCUT2D eigenvalue weighted by Crippen LogP contribution is -2.32. The molecular formula is C24H26N2OS. The van der Waals surface area contributed by atoms with Crippen molar-refractivity contribution in [1.29, 1.82) is 0 Å². The van der Waals surface area contributed by atoms with Crippen molar-refractivity contribution in [3.63, 3.8) is 0 Å². The first-order valence-corrected chi connectivity index (χ1v) is 10.9. The lowest BCUT2D eigenvalue weighted by Gasteiger charge is -2.26. The van der Waals surface area contributed by atoms with Crippen LogP contribution in [-0.4, -0.2) is 16.6 Å². The number of amides is 1. The van der Waals surface area contributed by atoms with Crippen LogP contribution in [0.3, 0.4) is 0 Å². The van der Waals surface area contributed by atoms with E-state index < -0.39 is 0 Å². The number of hydrogen-bond acceptors (Lipinski definition) is 3. The average Bonchev–Trinajstić information content (AvgIpc) is 2.67. The Morgan fingerprint density at radius 2 is 1.96 bits per heavy atom. The fourth-order valence-electron chi connectivity index (χ4n) is 4.17. The van der Waals surface area contributed by atoms with E-state index in [0.29, 0.717) is 5.75 Å². The monoisotopic (exact) mass is 390 g/mol. The van der Waals surface area contributed by atoms with Crippen LogP contribution in [0.15, 0.2) is 47.5 Å². The molecule has 0 spiro atoms. The maximum atomic E-state index is 12.6. The Balaban J connectivity index is 1.46. The zero-order chi connectivity index (χ0) is 19.7. The molecule has 1 aliphatic carbocycles. The van der Waals surface area contributed by atoms with Gasteiger partial charge in [0.2, 0.25) is 5.91 Å². The number of aromatic nitrogens is 1. The van der Waals surface area contributed by atoms with Gasteiger partial charge in [0.25, 0.3) is 0 Å². The van der Waals surface area contributed by atoms with Gasteiger partial charge in [0.1, 0.15) is 0 Å². The molecule has 1 aromatic heterocycles. The molecule has 1 atom stereocenters. The quantitative estimate of drug-likeness (QED) is 0.603. The topological polar surface area (TPSA) is 42.0 Å². The molecule has 4 rings (SSSR count). The molecule has 0 bridgehead atoms.